The van der Waals surface area contributed by atoms with Crippen LogP contribution in [0.4, 0.5) is 0 Å². The van der Waals surface area contributed by atoms with E-state index in [1.165, 1.54) is 48.1 Å². The summed E-state index contributed by atoms with van der Waals surface area (Å²) in [7, 11) is 1.83. The van der Waals surface area contributed by atoms with E-state index in [1.54, 1.807) is 0 Å². The maximum absolute atomic E-state index is 11.7. The number of hydrogen-bond donors (Lipinski definition) is 1. The van der Waals surface area contributed by atoms with Crippen molar-refractivity contribution >= 4 is 0 Å². The molecule has 4 rings (SSSR count). The Balaban J connectivity index is 1.99. The first-order chi connectivity index (χ1) is 14.7. The molecular weight excluding hydrogens is 382 g/mol. The fourth-order valence-corrected chi connectivity index (χ4v) is 5.83. The molecule has 2 aromatic rings. The Hall–Kier alpha value is -1.71. The Labute approximate surface area is 188 Å². The number of ether oxygens (including phenoxy) is 1. The summed E-state index contributed by atoms with van der Waals surface area (Å²) in [4.78, 5) is 5.26. The fraction of sp³-hybridized carbons (Fsp3) is 0.607. The van der Waals surface area contributed by atoms with Gasteiger partial charge in [0.25, 0.3) is 0 Å². The standard InChI is InChI=1S/C28H39NO2/c1-17(2)26-25(27(30)20-13-11-18(3)12-14-20)23(19-9-7-8-10-19)24-21(29-26)15-28(4,5)16-22(24)31-6/h11-14,17,19,22,27,30H,7-10,15-16H2,1-6H3/t22-,27-/m0/s1. The third-order valence-electron chi connectivity index (χ3n) is 7.39. The molecule has 0 spiro atoms. The van der Waals surface area contributed by atoms with Gasteiger partial charge in [0.1, 0.15) is 6.10 Å². The number of benzene rings is 1. The Bertz CT molecular complexity index is 923. The van der Waals surface area contributed by atoms with E-state index >= 15 is 0 Å². The van der Waals surface area contributed by atoms with Gasteiger partial charge in [0.2, 0.25) is 0 Å². The van der Waals surface area contributed by atoms with Gasteiger partial charge in [0.05, 0.1) is 6.10 Å². The van der Waals surface area contributed by atoms with E-state index < -0.39 is 6.10 Å². The lowest BCUT2D eigenvalue weighted by Crippen LogP contribution is -2.31. The first-order valence-corrected chi connectivity index (χ1v) is 12.1. The predicted molar refractivity (Wildman–Crippen MR) is 127 cm³/mol. The Morgan fingerprint density at radius 3 is 2.29 bits per heavy atom. The van der Waals surface area contributed by atoms with Gasteiger partial charge in [-0.15, -0.1) is 0 Å². The molecule has 0 bridgehead atoms. The molecule has 168 valence electrons. The van der Waals surface area contributed by atoms with Crippen molar-refractivity contribution < 1.29 is 9.84 Å². The summed E-state index contributed by atoms with van der Waals surface area (Å²) in [5, 5.41) is 11.7. The first kappa shape index (κ1) is 22.5. The van der Waals surface area contributed by atoms with Gasteiger partial charge in [0.15, 0.2) is 0 Å². The van der Waals surface area contributed by atoms with E-state index in [-0.39, 0.29) is 17.4 Å². The number of aryl methyl sites for hydroxylation is 1. The van der Waals surface area contributed by atoms with Crippen molar-refractivity contribution in [3.63, 3.8) is 0 Å². The number of pyridine rings is 1. The maximum atomic E-state index is 11.7. The zero-order valence-corrected chi connectivity index (χ0v) is 20.2. The monoisotopic (exact) mass is 421 g/mol. The van der Waals surface area contributed by atoms with Crippen molar-refractivity contribution in [2.75, 3.05) is 7.11 Å². The van der Waals surface area contributed by atoms with Gasteiger partial charge in [-0.25, -0.2) is 0 Å². The molecule has 0 radical (unpaired) electrons. The number of hydrogen-bond acceptors (Lipinski definition) is 3. The Morgan fingerprint density at radius 2 is 1.71 bits per heavy atom. The molecule has 1 fully saturated rings. The highest BCUT2D eigenvalue weighted by Crippen LogP contribution is 2.50. The molecule has 0 aliphatic heterocycles. The molecule has 0 saturated heterocycles. The summed E-state index contributed by atoms with van der Waals surface area (Å²) in [6.07, 6.45) is 6.29. The van der Waals surface area contributed by atoms with Crippen molar-refractivity contribution in [3.05, 3.63) is 63.5 Å². The van der Waals surface area contributed by atoms with Gasteiger partial charge in [-0.2, -0.15) is 0 Å². The van der Waals surface area contributed by atoms with Crippen molar-refractivity contribution in [2.45, 2.75) is 97.2 Å². The molecule has 0 amide bonds. The quantitative estimate of drug-likeness (QED) is 0.570. The van der Waals surface area contributed by atoms with E-state index in [1.807, 2.05) is 7.11 Å². The zero-order valence-electron chi connectivity index (χ0n) is 20.2. The smallest absolute Gasteiger partial charge is 0.106 e. The third-order valence-corrected chi connectivity index (χ3v) is 7.39. The number of aliphatic hydroxyl groups is 1. The number of methoxy groups -OCH3 is 1. The minimum absolute atomic E-state index is 0.0482. The molecular formula is C28H39NO2. The van der Waals surface area contributed by atoms with Crippen LogP contribution in [-0.2, 0) is 11.2 Å². The second-order valence-corrected chi connectivity index (χ2v) is 10.9. The molecule has 1 saturated carbocycles. The summed E-state index contributed by atoms with van der Waals surface area (Å²) in [5.41, 5.74) is 8.32. The SMILES string of the molecule is CO[C@H]1CC(C)(C)Cc2nc(C(C)C)c([C@@H](O)c3ccc(C)cc3)c(C3CCCC3)c21. The van der Waals surface area contributed by atoms with Crippen LogP contribution in [0.1, 0.15) is 123 Å². The van der Waals surface area contributed by atoms with Crippen molar-refractivity contribution in [1.29, 1.82) is 0 Å². The minimum atomic E-state index is -0.654. The molecule has 1 N–H and O–H groups in total. The average Bonchev–Trinajstić information content (AvgIpc) is 3.25. The topological polar surface area (TPSA) is 42.4 Å². The van der Waals surface area contributed by atoms with Crippen LogP contribution in [0, 0.1) is 12.3 Å². The second kappa shape index (κ2) is 8.67. The molecule has 31 heavy (non-hydrogen) atoms. The van der Waals surface area contributed by atoms with E-state index in [9.17, 15) is 5.11 Å². The number of rotatable bonds is 5. The summed E-state index contributed by atoms with van der Waals surface area (Å²) < 4.78 is 6.09. The molecule has 2 atom stereocenters. The number of aliphatic hydroxyl groups excluding tert-OH is 1. The normalized spacial score (nSPS) is 22.0. The van der Waals surface area contributed by atoms with Crippen LogP contribution in [-0.4, -0.2) is 17.2 Å². The van der Waals surface area contributed by atoms with E-state index in [2.05, 4.69) is 58.9 Å². The third kappa shape index (κ3) is 4.32. The first-order valence-electron chi connectivity index (χ1n) is 12.1. The van der Waals surface area contributed by atoms with Crippen LogP contribution in [0.2, 0.25) is 0 Å². The van der Waals surface area contributed by atoms with Crippen molar-refractivity contribution in [1.82, 2.24) is 4.98 Å². The van der Waals surface area contributed by atoms with Crippen LogP contribution < -0.4 is 0 Å². The summed E-state index contributed by atoms with van der Waals surface area (Å²) in [5.74, 6) is 0.745. The van der Waals surface area contributed by atoms with Gasteiger partial charge in [-0.1, -0.05) is 70.4 Å². The van der Waals surface area contributed by atoms with Crippen LogP contribution >= 0.6 is 0 Å². The van der Waals surface area contributed by atoms with Crippen molar-refractivity contribution in [2.24, 2.45) is 5.41 Å². The molecule has 0 unspecified atom stereocenters. The highest BCUT2D eigenvalue weighted by molar-refractivity contribution is 5.50. The van der Waals surface area contributed by atoms with Gasteiger partial charge < -0.3 is 9.84 Å². The van der Waals surface area contributed by atoms with Crippen LogP contribution in [0.3, 0.4) is 0 Å². The van der Waals surface area contributed by atoms with Gasteiger partial charge in [-0.3, -0.25) is 4.98 Å². The lowest BCUT2D eigenvalue weighted by molar-refractivity contribution is 0.0476. The van der Waals surface area contributed by atoms with Crippen LogP contribution in [0.5, 0.6) is 0 Å². The van der Waals surface area contributed by atoms with Gasteiger partial charge in [-0.05, 0) is 61.0 Å². The molecule has 2 aliphatic rings. The van der Waals surface area contributed by atoms with E-state index in [0.717, 1.165) is 29.7 Å². The van der Waals surface area contributed by atoms with Crippen LogP contribution in [0.15, 0.2) is 24.3 Å². The Morgan fingerprint density at radius 1 is 1.06 bits per heavy atom. The second-order valence-electron chi connectivity index (χ2n) is 10.9. The van der Waals surface area contributed by atoms with Gasteiger partial charge in [0, 0.05) is 29.6 Å². The molecule has 2 aliphatic carbocycles. The number of aromatic nitrogens is 1. The molecule has 3 heteroatoms. The average molecular weight is 422 g/mol. The highest BCUT2D eigenvalue weighted by Gasteiger charge is 2.40. The predicted octanol–water partition coefficient (Wildman–Crippen LogP) is 6.91. The molecule has 1 aromatic heterocycles. The van der Waals surface area contributed by atoms with Crippen molar-refractivity contribution in [3.8, 4) is 0 Å². The minimum Gasteiger partial charge on any atom is -0.384 e. The summed E-state index contributed by atoms with van der Waals surface area (Å²) in [6, 6.07) is 8.32. The van der Waals surface area contributed by atoms with Gasteiger partial charge >= 0.3 is 0 Å². The number of nitrogens with zero attached hydrogens (tertiary/aromatic N) is 1. The molecule has 3 nitrogen and oxygen atoms in total. The van der Waals surface area contributed by atoms with E-state index in [0.29, 0.717) is 5.92 Å². The Kier molecular flexibility index (Phi) is 6.29. The number of fused-ring (bicyclic) bond motifs is 1. The molecule has 1 heterocycles. The maximum Gasteiger partial charge on any atom is 0.106 e. The lowest BCUT2D eigenvalue weighted by Gasteiger charge is -2.40. The lowest BCUT2D eigenvalue weighted by atomic mass is 9.70. The summed E-state index contributed by atoms with van der Waals surface area (Å²) >= 11 is 0. The largest absolute Gasteiger partial charge is 0.384 e. The zero-order chi connectivity index (χ0) is 22.3. The summed E-state index contributed by atoms with van der Waals surface area (Å²) in [6.45, 7) is 11.2. The highest BCUT2D eigenvalue weighted by atomic mass is 16.5. The fourth-order valence-electron chi connectivity index (χ4n) is 5.83. The van der Waals surface area contributed by atoms with Crippen LogP contribution in [0.25, 0.3) is 0 Å². The molecule has 1 aromatic carbocycles. The van der Waals surface area contributed by atoms with E-state index in [4.69, 9.17) is 9.72 Å².